The fraction of sp³-hybridized carbons (Fsp3) is 0.818. The maximum Gasteiger partial charge on any atom is 0.317 e. The van der Waals surface area contributed by atoms with Crippen LogP contribution < -0.4 is 0 Å². The summed E-state index contributed by atoms with van der Waals surface area (Å²) in [5, 5.41) is 0. The molecule has 1 unspecified atom stereocenters. The van der Waals surface area contributed by atoms with E-state index >= 15 is 0 Å². The van der Waals surface area contributed by atoms with Crippen LogP contribution in [0.4, 0.5) is 0 Å². The monoisotopic (exact) mass is 213 g/mol. The van der Waals surface area contributed by atoms with Crippen molar-refractivity contribution >= 4 is 11.8 Å². The van der Waals surface area contributed by atoms with Gasteiger partial charge >= 0.3 is 5.97 Å². The molecule has 1 aliphatic heterocycles. The average molecular weight is 213 g/mol. The van der Waals surface area contributed by atoms with Gasteiger partial charge in [0.25, 0.3) is 0 Å². The van der Waals surface area contributed by atoms with Crippen LogP contribution in [0.25, 0.3) is 0 Å². The van der Waals surface area contributed by atoms with Crippen molar-refractivity contribution in [3.63, 3.8) is 0 Å². The predicted molar refractivity (Wildman–Crippen MR) is 56.5 cm³/mol. The van der Waals surface area contributed by atoms with E-state index in [2.05, 4.69) is 16.6 Å². The van der Waals surface area contributed by atoms with Gasteiger partial charge in [0.2, 0.25) is 0 Å². The first kappa shape index (κ1) is 12.2. The summed E-state index contributed by atoms with van der Waals surface area (Å²) >= 11 is 0. The number of piperidine rings is 1. The molecular formula is C11H19NO3. The summed E-state index contributed by atoms with van der Waals surface area (Å²) in [4.78, 5) is 25.0. The summed E-state index contributed by atoms with van der Waals surface area (Å²) in [5.41, 5.74) is 0. The molecule has 0 aliphatic carbocycles. The normalized spacial score (nSPS) is 22.8. The summed E-state index contributed by atoms with van der Waals surface area (Å²) in [6.07, 6.45) is 2.72. The molecule has 0 spiro atoms. The van der Waals surface area contributed by atoms with E-state index in [9.17, 15) is 9.59 Å². The van der Waals surface area contributed by atoms with Gasteiger partial charge in [-0.1, -0.05) is 13.3 Å². The highest BCUT2D eigenvalue weighted by molar-refractivity contribution is 5.99. The maximum absolute atomic E-state index is 11.5. The second-order valence-electron chi connectivity index (χ2n) is 3.95. The molecule has 0 aromatic carbocycles. The van der Waals surface area contributed by atoms with Gasteiger partial charge in [-0.15, -0.1) is 0 Å². The van der Waals surface area contributed by atoms with E-state index in [-0.39, 0.29) is 11.8 Å². The van der Waals surface area contributed by atoms with Crippen LogP contribution in [0.5, 0.6) is 0 Å². The van der Waals surface area contributed by atoms with Crippen LogP contribution in [-0.2, 0) is 14.3 Å². The number of carbonyl (C=O) groups is 2. The number of Topliss-reactive ketones (excluding diaryl/α,β-unsaturated/α-hetero) is 1. The summed E-state index contributed by atoms with van der Waals surface area (Å²) in [6.45, 7) is 4.42. The predicted octanol–water partition coefficient (Wildman–Crippen LogP) is 0.851. The number of ether oxygens (including phenoxy) is 1. The Bertz CT molecular complexity index is 232. The summed E-state index contributed by atoms with van der Waals surface area (Å²) in [6, 6.07) is 0. The molecule has 15 heavy (non-hydrogen) atoms. The minimum Gasteiger partial charge on any atom is -0.468 e. The molecule has 1 atom stereocenters. The Morgan fingerprint density at radius 2 is 2.33 bits per heavy atom. The van der Waals surface area contributed by atoms with E-state index < -0.39 is 5.92 Å². The van der Waals surface area contributed by atoms with Crippen LogP contribution >= 0.6 is 0 Å². The number of esters is 1. The number of nitrogens with zero attached hydrogens (tertiary/aromatic N) is 1. The Hall–Kier alpha value is -0.900. The molecule has 86 valence electrons. The summed E-state index contributed by atoms with van der Waals surface area (Å²) in [7, 11) is 1.33. The highest BCUT2D eigenvalue weighted by Crippen LogP contribution is 2.14. The van der Waals surface area contributed by atoms with Crippen LogP contribution in [0.15, 0.2) is 0 Å². The molecule has 4 heteroatoms. The van der Waals surface area contributed by atoms with E-state index in [0.717, 1.165) is 25.9 Å². The number of likely N-dealkylation sites (tertiary alicyclic amines) is 1. The number of hydrogen-bond donors (Lipinski definition) is 0. The summed E-state index contributed by atoms with van der Waals surface area (Å²) < 4.78 is 4.63. The van der Waals surface area contributed by atoms with Crippen molar-refractivity contribution in [2.45, 2.75) is 26.2 Å². The Labute approximate surface area is 90.6 Å². The molecule has 1 fully saturated rings. The molecule has 0 saturated carbocycles. The van der Waals surface area contributed by atoms with Gasteiger partial charge in [0, 0.05) is 19.5 Å². The molecule has 1 aliphatic rings. The third-order valence-electron chi connectivity index (χ3n) is 2.82. The lowest BCUT2D eigenvalue weighted by Crippen LogP contribution is -2.44. The lowest BCUT2D eigenvalue weighted by molar-refractivity contribution is -0.151. The Morgan fingerprint density at radius 3 is 2.93 bits per heavy atom. The van der Waals surface area contributed by atoms with Crippen molar-refractivity contribution in [1.29, 1.82) is 0 Å². The first-order chi connectivity index (χ1) is 7.19. The van der Waals surface area contributed by atoms with Crippen molar-refractivity contribution in [1.82, 2.24) is 4.90 Å². The second-order valence-corrected chi connectivity index (χ2v) is 3.95. The van der Waals surface area contributed by atoms with Crippen molar-refractivity contribution < 1.29 is 14.3 Å². The third kappa shape index (κ3) is 3.30. The van der Waals surface area contributed by atoms with Crippen molar-refractivity contribution in [3.8, 4) is 0 Å². The molecule has 0 N–H and O–H groups in total. The minimum atomic E-state index is -0.555. The van der Waals surface area contributed by atoms with Gasteiger partial charge in [0.1, 0.15) is 11.7 Å². The van der Waals surface area contributed by atoms with Crippen LogP contribution in [-0.4, -0.2) is 43.4 Å². The van der Waals surface area contributed by atoms with Gasteiger partial charge in [-0.3, -0.25) is 9.59 Å². The van der Waals surface area contributed by atoms with Crippen LogP contribution in [0.3, 0.4) is 0 Å². The van der Waals surface area contributed by atoms with Gasteiger partial charge in [0.15, 0.2) is 0 Å². The molecular weight excluding hydrogens is 194 g/mol. The third-order valence-corrected chi connectivity index (χ3v) is 2.82. The standard InChI is InChI=1S/C11H19NO3/c1-3-4-6-12-7-5-10(13)9(8-12)11(14)15-2/h9H,3-8H2,1-2H3. The first-order valence-corrected chi connectivity index (χ1v) is 5.52. The molecule has 0 radical (unpaired) electrons. The fourth-order valence-electron chi connectivity index (χ4n) is 1.83. The van der Waals surface area contributed by atoms with Gasteiger partial charge in [-0.2, -0.15) is 0 Å². The molecule has 1 rings (SSSR count). The molecule has 0 aromatic heterocycles. The number of hydrogen-bond acceptors (Lipinski definition) is 4. The zero-order valence-corrected chi connectivity index (χ0v) is 9.49. The number of methoxy groups -OCH3 is 1. The number of carbonyl (C=O) groups excluding carboxylic acids is 2. The SMILES string of the molecule is CCCCN1CCC(=O)C(C(=O)OC)C1. The van der Waals surface area contributed by atoms with E-state index in [0.29, 0.717) is 13.0 Å². The fourth-order valence-corrected chi connectivity index (χ4v) is 1.83. The number of rotatable bonds is 4. The lowest BCUT2D eigenvalue weighted by Gasteiger charge is -2.30. The van der Waals surface area contributed by atoms with E-state index in [1.54, 1.807) is 0 Å². The van der Waals surface area contributed by atoms with E-state index in [1.807, 2.05) is 0 Å². The van der Waals surface area contributed by atoms with Gasteiger partial charge in [-0.25, -0.2) is 0 Å². The molecule has 0 amide bonds. The molecule has 1 saturated heterocycles. The smallest absolute Gasteiger partial charge is 0.317 e. The maximum atomic E-state index is 11.5. The van der Waals surface area contributed by atoms with Crippen molar-refractivity contribution in [3.05, 3.63) is 0 Å². The van der Waals surface area contributed by atoms with E-state index in [1.165, 1.54) is 7.11 Å². The largest absolute Gasteiger partial charge is 0.468 e. The topological polar surface area (TPSA) is 46.6 Å². The lowest BCUT2D eigenvalue weighted by atomic mass is 9.96. The Morgan fingerprint density at radius 1 is 1.60 bits per heavy atom. The van der Waals surface area contributed by atoms with Crippen LogP contribution in [0.2, 0.25) is 0 Å². The molecule has 0 bridgehead atoms. The molecule has 0 aromatic rings. The quantitative estimate of drug-likeness (QED) is 0.513. The van der Waals surface area contributed by atoms with Crippen molar-refractivity contribution in [2.24, 2.45) is 5.92 Å². The summed E-state index contributed by atoms with van der Waals surface area (Å²) in [5.74, 6) is -0.920. The zero-order valence-electron chi connectivity index (χ0n) is 9.49. The van der Waals surface area contributed by atoms with E-state index in [4.69, 9.17) is 0 Å². The minimum absolute atomic E-state index is 0.0228. The second kappa shape index (κ2) is 5.85. The number of unbranched alkanes of at least 4 members (excludes halogenated alkanes) is 1. The average Bonchev–Trinajstić information content (AvgIpc) is 2.27. The first-order valence-electron chi connectivity index (χ1n) is 5.52. The van der Waals surface area contributed by atoms with Crippen LogP contribution in [0.1, 0.15) is 26.2 Å². The highest BCUT2D eigenvalue weighted by atomic mass is 16.5. The zero-order chi connectivity index (χ0) is 11.3. The Balaban J connectivity index is 2.48. The van der Waals surface area contributed by atoms with Gasteiger partial charge in [-0.05, 0) is 13.0 Å². The number of ketones is 1. The Kier molecular flexibility index (Phi) is 4.75. The molecule has 1 heterocycles. The van der Waals surface area contributed by atoms with Gasteiger partial charge in [0.05, 0.1) is 7.11 Å². The van der Waals surface area contributed by atoms with Crippen molar-refractivity contribution in [2.75, 3.05) is 26.7 Å². The molecule has 4 nitrogen and oxygen atoms in total. The van der Waals surface area contributed by atoms with Crippen LogP contribution in [0, 0.1) is 5.92 Å². The van der Waals surface area contributed by atoms with Gasteiger partial charge < -0.3 is 9.64 Å². The highest BCUT2D eigenvalue weighted by Gasteiger charge is 2.33.